The lowest BCUT2D eigenvalue weighted by molar-refractivity contribution is 0.589. The Bertz CT molecular complexity index is 1280. The lowest BCUT2D eigenvalue weighted by atomic mass is 10.1. The van der Waals surface area contributed by atoms with Gasteiger partial charge in [-0.05, 0) is 24.1 Å². The third kappa shape index (κ3) is 4.39. The summed E-state index contributed by atoms with van der Waals surface area (Å²) in [5.41, 5.74) is 5.77. The van der Waals surface area contributed by atoms with E-state index in [1.165, 1.54) is 12.3 Å². The van der Waals surface area contributed by atoms with Crippen LogP contribution in [0.1, 0.15) is 5.56 Å². The van der Waals surface area contributed by atoms with Crippen molar-refractivity contribution in [3.8, 4) is 0 Å². The summed E-state index contributed by atoms with van der Waals surface area (Å²) in [5.74, 6) is -1.15. The molecule has 0 unspecified atom stereocenters. The number of nitrogens with two attached hydrogens (primary N) is 1. The SMILES string of the molecule is Nc1c(F)c(NCCNc2ccccn2)c(F)c2c1c(=O)ccn2CCc1ccccc1. The summed E-state index contributed by atoms with van der Waals surface area (Å²) in [5, 5.41) is 5.68. The summed E-state index contributed by atoms with van der Waals surface area (Å²) < 4.78 is 32.0. The van der Waals surface area contributed by atoms with E-state index in [1.807, 2.05) is 36.4 Å². The number of fused-ring (bicyclic) bond motifs is 1. The van der Waals surface area contributed by atoms with Crippen molar-refractivity contribution in [2.75, 3.05) is 29.5 Å². The quantitative estimate of drug-likeness (QED) is 0.288. The predicted molar refractivity (Wildman–Crippen MR) is 124 cm³/mol. The van der Waals surface area contributed by atoms with E-state index in [9.17, 15) is 9.18 Å². The molecule has 0 bridgehead atoms. The van der Waals surface area contributed by atoms with E-state index in [4.69, 9.17) is 5.73 Å². The molecule has 32 heavy (non-hydrogen) atoms. The van der Waals surface area contributed by atoms with Gasteiger partial charge >= 0.3 is 0 Å². The smallest absolute Gasteiger partial charge is 0.191 e. The molecule has 0 aliphatic carbocycles. The number of pyridine rings is 2. The summed E-state index contributed by atoms with van der Waals surface area (Å²) in [7, 11) is 0. The molecule has 164 valence electrons. The molecule has 0 spiro atoms. The first kappa shape index (κ1) is 21.3. The molecule has 4 N–H and O–H groups in total. The number of aromatic nitrogens is 2. The van der Waals surface area contributed by atoms with Crippen LogP contribution in [0.4, 0.5) is 26.0 Å². The van der Waals surface area contributed by atoms with Crippen LogP contribution in [-0.2, 0) is 13.0 Å². The molecule has 2 aromatic heterocycles. The van der Waals surface area contributed by atoms with Gasteiger partial charge < -0.3 is 20.9 Å². The number of nitrogens with zero attached hydrogens (tertiary/aromatic N) is 2. The molecule has 0 fully saturated rings. The average Bonchev–Trinajstić information content (AvgIpc) is 2.82. The molecule has 6 nitrogen and oxygen atoms in total. The minimum Gasteiger partial charge on any atom is -0.396 e. The second-order valence-electron chi connectivity index (χ2n) is 7.32. The third-order valence-corrected chi connectivity index (χ3v) is 5.21. The van der Waals surface area contributed by atoms with Crippen LogP contribution in [0.15, 0.2) is 71.8 Å². The van der Waals surface area contributed by atoms with Crippen molar-refractivity contribution in [2.45, 2.75) is 13.0 Å². The number of nitrogen functional groups attached to an aromatic ring is 1. The Morgan fingerprint density at radius 1 is 0.938 bits per heavy atom. The zero-order chi connectivity index (χ0) is 22.5. The van der Waals surface area contributed by atoms with E-state index < -0.39 is 17.1 Å². The second-order valence-corrected chi connectivity index (χ2v) is 7.32. The molecule has 0 radical (unpaired) electrons. The molecule has 0 aliphatic rings. The van der Waals surface area contributed by atoms with Crippen LogP contribution in [0.3, 0.4) is 0 Å². The lowest BCUT2D eigenvalue weighted by Gasteiger charge is -2.17. The normalized spacial score (nSPS) is 10.9. The Morgan fingerprint density at radius 3 is 2.44 bits per heavy atom. The van der Waals surface area contributed by atoms with Gasteiger partial charge in [0.2, 0.25) is 0 Å². The van der Waals surface area contributed by atoms with E-state index in [1.54, 1.807) is 22.9 Å². The first-order valence-corrected chi connectivity index (χ1v) is 10.3. The number of anilines is 3. The number of benzene rings is 2. The number of aryl methyl sites for hydroxylation is 2. The Balaban J connectivity index is 1.62. The van der Waals surface area contributed by atoms with Crippen molar-refractivity contribution in [3.05, 3.63) is 94.4 Å². The van der Waals surface area contributed by atoms with Crippen molar-refractivity contribution < 1.29 is 8.78 Å². The van der Waals surface area contributed by atoms with Crippen LogP contribution < -0.4 is 21.8 Å². The topological polar surface area (TPSA) is 85.0 Å². The van der Waals surface area contributed by atoms with E-state index in [0.29, 0.717) is 25.3 Å². The highest BCUT2D eigenvalue weighted by molar-refractivity contribution is 5.94. The summed E-state index contributed by atoms with van der Waals surface area (Å²) in [4.78, 5) is 16.5. The molecule has 2 aromatic carbocycles. The number of nitrogens with one attached hydrogen (secondary N) is 2. The van der Waals surface area contributed by atoms with E-state index in [2.05, 4.69) is 15.6 Å². The van der Waals surface area contributed by atoms with Gasteiger partial charge in [0.15, 0.2) is 17.1 Å². The maximum atomic E-state index is 15.5. The highest BCUT2D eigenvalue weighted by Gasteiger charge is 2.22. The number of rotatable bonds is 8. The monoisotopic (exact) mass is 435 g/mol. The first-order chi connectivity index (χ1) is 15.6. The van der Waals surface area contributed by atoms with Crippen LogP contribution in [-0.4, -0.2) is 22.6 Å². The predicted octanol–water partition coefficient (Wildman–Crippen LogP) is 4.02. The zero-order valence-electron chi connectivity index (χ0n) is 17.3. The maximum Gasteiger partial charge on any atom is 0.191 e. The largest absolute Gasteiger partial charge is 0.396 e. The number of hydrogen-bond acceptors (Lipinski definition) is 5. The first-order valence-electron chi connectivity index (χ1n) is 10.3. The molecular weight excluding hydrogens is 412 g/mol. The van der Waals surface area contributed by atoms with Crippen LogP contribution >= 0.6 is 0 Å². The Morgan fingerprint density at radius 2 is 1.69 bits per heavy atom. The Labute approximate surface area is 183 Å². The van der Waals surface area contributed by atoms with E-state index in [0.717, 1.165) is 5.56 Å². The van der Waals surface area contributed by atoms with Gasteiger partial charge in [-0.2, -0.15) is 0 Å². The molecular formula is C24H23F2N5O. The van der Waals surface area contributed by atoms with E-state index >= 15 is 4.39 Å². The van der Waals surface area contributed by atoms with Crippen molar-refractivity contribution in [1.29, 1.82) is 0 Å². The molecule has 8 heteroatoms. The van der Waals surface area contributed by atoms with Crippen LogP contribution in [0.5, 0.6) is 0 Å². The fourth-order valence-corrected chi connectivity index (χ4v) is 3.61. The van der Waals surface area contributed by atoms with Crippen molar-refractivity contribution >= 4 is 28.1 Å². The standard InChI is InChI=1S/C24H23F2N5O/c25-20-22(27)19-17(32)10-15-31(14-9-16-6-2-1-3-7-16)24(19)21(26)23(20)30-13-12-29-18-8-4-5-11-28-18/h1-8,10-11,15,30H,9,12-14,27H2,(H,28,29). The molecule has 0 amide bonds. The maximum absolute atomic E-state index is 15.5. The molecule has 0 saturated heterocycles. The van der Waals surface area contributed by atoms with Gasteiger partial charge in [0.25, 0.3) is 0 Å². The summed E-state index contributed by atoms with van der Waals surface area (Å²) in [6.07, 6.45) is 3.78. The number of hydrogen-bond donors (Lipinski definition) is 3. The van der Waals surface area contributed by atoms with Crippen molar-refractivity contribution in [2.24, 2.45) is 0 Å². The highest BCUT2D eigenvalue weighted by Crippen LogP contribution is 2.32. The van der Waals surface area contributed by atoms with Crippen LogP contribution in [0.25, 0.3) is 10.9 Å². The van der Waals surface area contributed by atoms with Gasteiger partial charge in [-0.25, -0.2) is 13.8 Å². The van der Waals surface area contributed by atoms with Gasteiger partial charge in [0.1, 0.15) is 11.5 Å². The Kier molecular flexibility index (Phi) is 6.30. The third-order valence-electron chi connectivity index (χ3n) is 5.21. The van der Waals surface area contributed by atoms with Gasteiger partial charge in [-0.1, -0.05) is 36.4 Å². The molecule has 0 saturated carbocycles. The molecule has 0 atom stereocenters. The minimum absolute atomic E-state index is 0.00693. The molecule has 0 aliphatic heterocycles. The second kappa shape index (κ2) is 9.47. The van der Waals surface area contributed by atoms with Gasteiger partial charge in [0.05, 0.1) is 16.6 Å². The average molecular weight is 435 g/mol. The fourth-order valence-electron chi connectivity index (χ4n) is 3.61. The molecule has 2 heterocycles. The van der Waals surface area contributed by atoms with Gasteiger partial charge in [-0.3, -0.25) is 4.79 Å². The van der Waals surface area contributed by atoms with Crippen molar-refractivity contribution in [3.63, 3.8) is 0 Å². The number of halogens is 2. The fraction of sp³-hybridized carbons (Fsp3) is 0.167. The minimum atomic E-state index is -0.967. The Hall–Kier alpha value is -3.94. The summed E-state index contributed by atoms with van der Waals surface area (Å²) >= 11 is 0. The van der Waals surface area contributed by atoms with Crippen molar-refractivity contribution in [1.82, 2.24) is 9.55 Å². The lowest BCUT2D eigenvalue weighted by Crippen LogP contribution is -2.19. The summed E-state index contributed by atoms with van der Waals surface area (Å²) in [6, 6.07) is 16.4. The van der Waals surface area contributed by atoms with Crippen LogP contribution in [0, 0.1) is 11.6 Å². The molecule has 4 aromatic rings. The molecule has 4 rings (SSSR count). The summed E-state index contributed by atoms with van der Waals surface area (Å²) in [6.45, 7) is 1.00. The van der Waals surface area contributed by atoms with Crippen LogP contribution in [0.2, 0.25) is 0 Å². The van der Waals surface area contributed by atoms with E-state index in [-0.39, 0.29) is 28.8 Å². The van der Waals surface area contributed by atoms with Gasteiger partial charge in [0, 0.05) is 38.1 Å². The highest BCUT2D eigenvalue weighted by atomic mass is 19.1. The zero-order valence-corrected chi connectivity index (χ0v) is 17.3. The van der Waals surface area contributed by atoms with Gasteiger partial charge in [-0.15, -0.1) is 0 Å².